The summed E-state index contributed by atoms with van der Waals surface area (Å²) in [6.07, 6.45) is -2.89. The van der Waals surface area contributed by atoms with E-state index in [0.29, 0.717) is 16.1 Å². The molecular weight excluding hydrogens is 303 g/mol. The Morgan fingerprint density at radius 3 is 2.65 bits per heavy atom. The van der Waals surface area contributed by atoms with Crippen molar-refractivity contribution in [3.05, 3.63) is 28.4 Å². The number of H-pyrrole nitrogens is 1. The molecule has 2 aromatic rings. The molecule has 0 saturated carbocycles. The molecule has 90 valence electrons. The van der Waals surface area contributed by atoms with Crippen molar-refractivity contribution in [1.82, 2.24) is 4.98 Å². The smallest absolute Gasteiger partial charge is 0.403 e. The minimum Gasteiger partial charge on any atom is -0.403 e. The van der Waals surface area contributed by atoms with E-state index in [9.17, 15) is 18.0 Å². The standard InChI is InChI=1S/C10H5BrF3NO2/c11-6-1-7-5(4-16)3-15-9(7)8(2-6)17-10(12,13)14/h1-4,15H. The highest BCUT2D eigenvalue weighted by Gasteiger charge is 2.32. The highest BCUT2D eigenvalue weighted by atomic mass is 79.9. The number of hydrogen-bond acceptors (Lipinski definition) is 2. The molecule has 0 aliphatic heterocycles. The van der Waals surface area contributed by atoms with Gasteiger partial charge in [0.25, 0.3) is 0 Å². The molecule has 0 unspecified atom stereocenters. The number of aldehydes is 1. The van der Waals surface area contributed by atoms with Crippen LogP contribution in [0.15, 0.2) is 22.8 Å². The molecular formula is C10H5BrF3NO2. The first-order valence-corrected chi connectivity index (χ1v) is 5.21. The SMILES string of the molecule is O=Cc1c[nH]c2c(OC(F)(F)F)cc(Br)cc12. The third-order valence-corrected chi connectivity index (χ3v) is 2.56. The van der Waals surface area contributed by atoms with Crippen molar-refractivity contribution in [2.75, 3.05) is 0 Å². The number of ether oxygens (including phenoxy) is 1. The van der Waals surface area contributed by atoms with E-state index in [1.807, 2.05) is 0 Å². The zero-order valence-corrected chi connectivity index (χ0v) is 9.72. The molecule has 3 nitrogen and oxygen atoms in total. The lowest BCUT2D eigenvalue weighted by Gasteiger charge is -2.10. The number of carbonyl (C=O) groups excluding carboxylic acids is 1. The second-order valence-corrected chi connectivity index (χ2v) is 4.15. The molecule has 0 atom stereocenters. The van der Waals surface area contributed by atoms with Crippen LogP contribution in [0, 0.1) is 0 Å². The summed E-state index contributed by atoms with van der Waals surface area (Å²) < 4.78 is 40.8. The average molecular weight is 308 g/mol. The molecule has 2 rings (SSSR count). The monoisotopic (exact) mass is 307 g/mol. The van der Waals surface area contributed by atoms with Gasteiger partial charge in [0.15, 0.2) is 12.0 Å². The first-order valence-electron chi connectivity index (χ1n) is 4.42. The zero-order chi connectivity index (χ0) is 12.6. The van der Waals surface area contributed by atoms with Crippen LogP contribution in [0.4, 0.5) is 13.2 Å². The second-order valence-electron chi connectivity index (χ2n) is 3.24. The first-order chi connectivity index (χ1) is 7.90. The summed E-state index contributed by atoms with van der Waals surface area (Å²) in [4.78, 5) is 13.3. The third kappa shape index (κ3) is 2.44. The van der Waals surface area contributed by atoms with Gasteiger partial charge in [-0.2, -0.15) is 0 Å². The Morgan fingerprint density at radius 2 is 2.06 bits per heavy atom. The Hall–Kier alpha value is -1.50. The quantitative estimate of drug-likeness (QED) is 0.861. The molecule has 1 heterocycles. The molecule has 0 saturated heterocycles. The summed E-state index contributed by atoms with van der Waals surface area (Å²) in [5, 5.41) is 0.369. The van der Waals surface area contributed by atoms with Crippen LogP contribution in [0.5, 0.6) is 5.75 Å². The highest BCUT2D eigenvalue weighted by molar-refractivity contribution is 9.10. The number of aromatic nitrogens is 1. The van der Waals surface area contributed by atoms with Crippen LogP contribution in [0.25, 0.3) is 10.9 Å². The average Bonchev–Trinajstić information content (AvgIpc) is 2.58. The topological polar surface area (TPSA) is 42.1 Å². The molecule has 0 aliphatic carbocycles. The van der Waals surface area contributed by atoms with Crippen LogP contribution >= 0.6 is 15.9 Å². The summed E-state index contributed by atoms with van der Waals surface area (Å²) >= 11 is 3.06. The number of nitrogens with one attached hydrogen (secondary N) is 1. The fraction of sp³-hybridized carbons (Fsp3) is 0.100. The zero-order valence-electron chi connectivity index (χ0n) is 8.14. The van der Waals surface area contributed by atoms with Gasteiger partial charge in [0, 0.05) is 21.6 Å². The summed E-state index contributed by atoms with van der Waals surface area (Å²) in [5.41, 5.74) is 0.404. The van der Waals surface area contributed by atoms with Crippen molar-refractivity contribution in [2.45, 2.75) is 6.36 Å². The van der Waals surface area contributed by atoms with Crippen molar-refractivity contribution in [3.8, 4) is 5.75 Å². The van der Waals surface area contributed by atoms with Crippen molar-refractivity contribution in [3.63, 3.8) is 0 Å². The fourth-order valence-electron chi connectivity index (χ4n) is 1.49. The Balaban J connectivity index is 2.63. The van der Waals surface area contributed by atoms with Crippen molar-refractivity contribution >= 4 is 33.1 Å². The van der Waals surface area contributed by atoms with Gasteiger partial charge in [-0.15, -0.1) is 13.2 Å². The van der Waals surface area contributed by atoms with Gasteiger partial charge in [0.2, 0.25) is 0 Å². The minimum absolute atomic E-state index is 0.132. The van der Waals surface area contributed by atoms with Crippen molar-refractivity contribution in [1.29, 1.82) is 0 Å². The van der Waals surface area contributed by atoms with Crippen LogP contribution in [0.1, 0.15) is 10.4 Å². The summed E-state index contributed by atoms with van der Waals surface area (Å²) in [5.74, 6) is -0.380. The Morgan fingerprint density at radius 1 is 1.35 bits per heavy atom. The molecule has 0 fully saturated rings. The molecule has 7 heteroatoms. The summed E-state index contributed by atoms with van der Waals surface area (Å²) in [6.45, 7) is 0. The molecule has 0 amide bonds. The predicted octanol–water partition coefficient (Wildman–Crippen LogP) is 3.64. The largest absolute Gasteiger partial charge is 0.573 e. The maximum Gasteiger partial charge on any atom is 0.573 e. The molecule has 0 spiro atoms. The van der Waals surface area contributed by atoms with E-state index < -0.39 is 6.36 Å². The van der Waals surface area contributed by atoms with Crippen molar-refractivity contribution in [2.24, 2.45) is 0 Å². The fourth-order valence-corrected chi connectivity index (χ4v) is 1.93. The van der Waals surface area contributed by atoms with Crippen LogP contribution < -0.4 is 4.74 Å². The van der Waals surface area contributed by atoms with Gasteiger partial charge in [-0.3, -0.25) is 4.79 Å². The van der Waals surface area contributed by atoms with E-state index in [0.717, 1.165) is 0 Å². The Bertz CT molecular complexity index is 577. The number of fused-ring (bicyclic) bond motifs is 1. The van der Waals surface area contributed by atoms with E-state index in [-0.39, 0.29) is 16.8 Å². The van der Waals surface area contributed by atoms with Gasteiger partial charge in [0.1, 0.15) is 0 Å². The molecule has 0 radical (unpaired) electrons. The molecule has 0 bridgehead atoms. The van der Waals surface area contributed by atoms with Gasteiger partial charge in [-0.05, 0) is 12.1 Å². The van der Waals surface area contributed by atoms with E-state index in [2.05, 4.69) is 25.7 Å². The predicted molar refractivity (Wildman–Crippen MR) is 58.1 cm³/mol. The lowest BCUT2D eigenvalue weighted by molar-refractivity contribution is -0.274. The van der Waals surface area contributed by atoms with Crippen LogP contribution in [-0.2, 0) is 0 Å². The first kappa shape index (κ1) is 12.0. The van der Waals surface area contributed by atoms with Gasteiger partial charge in [-0.25, -0.2) is 0 Å². The number of alkyl halides is 3. The van der Waals surface area contributed by atoms with Crippen LogP contribution in [0.2, 0.25) is 0 Å². The van der Waals surface area contributed by atoms with Gasteiger partial charge in [-0.1, -0.05) is 15.9 Å². The number of hydrogen-bond donors (Lipinski definition) is 1. The Kier molecular flexibility index (Phi) is 2.86. The Labute approximate surface area is 102 Å². The minimum atomic E-state index is -4.78. The molecule has 1 aromatic carbocycles. The third-order valence-electron chi connectivity index (χ3n) is 2.10. The van der Waals surface area contributed by atoms with Crippen LogP contribution in [-0.4, -0.2) is 17.6 Å². The number of carbonyl (C=O) groups is 1. The van der Waals surface area contributed by atoms with E-state index in [1.54, 1.807) is 6.07 Å². The number of halogens is 4. The lowest BCUT2D eigenvalue weighted by Crippen LogP contribution is -2.17. The van der Waals surface area contributed by atoms with Crippen molar-refractivity contribution < 1.29 is 22.7 Å². The highest BCUT2D eigenvalue weighted by Crippen LogP contribution is 2.34. The maximum absolute atomic E-state index is 12.2. The lowest BCUT2D eigenvalue weighted by atomic mass is 10.2. The summed E-state index contributed by atoms with van der Waals surface area (Å²) in [7, 11) is 0. The molecule has 1 aromatic heterocycles. The van der Waals surface area contributed by atoms with Gasteiger partial charge >= 0.3 is 6.36 Å². The number of aromatic amines is 1. The van der Waals surface area contributed by atoms with E-state index in [4.69, 9.17) is 0 Å². The van der Waals surface area contributed by atoms with E-state index >= 15 is 0 Å². The van der Waals surface area contributed by atoms with E-state index in [1.165, 1.54) is 12.3 Å². The second kappa shape index (κ2) is 4.06. The normalized spacial score (nSPS) is 11.8. The maximum atomic E-state index is 12.2. The molecule has 1 N–H and O–H groups in total. The number of rotatable bonds is 2. The summed E-state index contributed by atoms with van der Waals surface area (Å²) in [6, 6.07) is 2.72. The van der Waals surface area contributed by atoms with Gasteiger partial charge in [0.05, 0.1) is 5.52 Å². The molecule has 17 heavy (non-hydrogen) atoms. The van der Waals surface area contributed by atoms with Crippen LogP contribution in [0.3, 0.4) is 0 Å². The van der Waals surface area contributed by atoms with Gasteiger partial charge < -0.3 is 9.72 Å². The number of benzene rings is 1. The molecule has 0 aliphatic rings.